The molecule has 0 aliphatic carbocycles. The Kier molecular flexibility index (Phi) is 8.46. The fourth-order valence-corrected chi connectivity index (χ4v) is 4.95. The van der Waals surface area contributed by atoms with Gasteiger partial charge in [0.1, 0.15) is 0 Å². The van der Waals surface area contributed by atoms with E-state index < -0.39 is 23.3 Å². The number of nitrogens with one attached hydrogen (secondary N) is 4. The van der Waals surface area contributed by atoms with Crippen LogP contribution in [0.4, 0.5) is 8.78 Å². The van der Waals surface area contributed by atoms with E-state index >= 15 is 0 Å². The fraction of sp³-hybridized carbons (Fsp3) is 0.267. The Bertz CT molecular complexity index is 1590. The lowest BCUT2D eigenvalue weighted by molar-refractivity contribution is 0.0896. The first kappa shape index (κ1) is 28.1. The molecule has 11 heteroatoms. The van der Waals surface area contributed by atoms with Gasteiger partial charge < -0.3 is 21.1 Å². The van der Waals surface area contributed by atoms with E-state index in [4.69, 9.17) is 5.11 Å². The number of aryl methyl sites for hydroxylation is 1. The van der Waals surface area contributed by atoms with Crippen LogP contribution in [0.3, 0.4) is 0 Å². The molecule has 41 heavy (non-hydrogen) atoms. The van der Waals surface area contributed by atoms with Crippen molar-refractivity contribution in [2.45, 2.75) is 31.3 Å². The van der Waals surface area contributed by atoms with Gasteiger partial charge in [-0.2, -0.15) is 5.10 Å². The number of aliphatic hydroxyl groups excluding tert-OH is 1. The number of carbonyl (C=O) groups excluding carboxylic acids is 3. The van der Waals surface area contributed by atoms with Crippen molar-refractivity contribution in [3.8, 4) is 0 Å². The standard InChI is InChI=1S/C30H29F2N5O4/c31-22-11-10-17(3-1-2-12-38)26(27(22)32)28(39)18-4-6-19(7-5-18)29(40)35-24-15-33-16-25(24)36-30(41)20-8-9-21-14-34-37-23(21)13-20/h4-11,13-14,24-25,33,38H,1-3,12,15-16H2,(H,34,37)(H,35,40)(H,36,41). The largest absolute Gasteiger partial charge is 0.396 e. The van der Waals surface area contributed by atoms with Gasteiger partial charge in [-0.1, -0.05) is 24.3 Å². The maximum absolute atomic E-state index is 14.7. The van der Waals surface area contributed by atoms with Crippen LogP contribution in [-0.4, -0.2) is 64.7 Å². The molecule has 1 fully saturated rings. The van der Waals surface area contributed by atoms with Crippen LogP contribution in [0.2, 0.25) is 0 Å². The summed E-state index contributed by atoms with van der Waals surface area (Å²) in [5.74, 6) is -3.72. The highest BCUT2D eigenvalue weighted by molar-refractivity contribution is 6.10. The second kappa shape index (κ2) is 12.4. The van der Waals surface area contributed by atoms with E-state index in [-0.39, 0.29) is 41.3 Å². The molecule has 212 valence electrons. The van der Waals surface area contributed by atoms with Gasteiger partial charge in [0.25, 0.3) is 11.8 Å². The first-order chi connectivity index (χ1) is 19.9. The molecule has 2 heterocycles. The van der Waals surface area contributed by atoms with Crippen molar-refractivity contribution in [2.24, 2.45) is 0 Å². The minimum absolute atomic E-state index is 0.0390. The highest BCUT2D eigenvalue weighted by Gasteiger charge is 2.30. The van der Waals surface area contributed by atoms with Gasteiger partial charge in [-0.25, -0.2) is 8.78 Å². The number of H-pyrrole nitrogens is 1. The van der Waals surface area contributed by atoms with E-state index in [0.29, 0.717) is 43.5 Å². The average Bonchev–Trinajstić information content (AvgIpc) is 3.63. The molecule has 0 radical (unpaired) electrons. The Morgan fingerprint density at radius 2 is 1.54 bits per heavy atom. The third-order valence-corrected chi connectivity index (χ3v) is 7.22. The highest BCUT2D eigenvalue weighted by atomic mass is 19.2. The number of rotatable bonds is 10. The monoisotopic (exact) mass is 561 g/mol. The molecule has 2 amide bonds. The summed E-state index contributed by atoms with van der Waals surface area (Å²) >= 11 is 0. The molecule has 3 aromatic carbocycles. The first-order valence-electron chi connectivity index (χ1n) is 13.3. The zero-order valence-corrected chi connectivity index (χ0v) is 22.0. The highest BCUT2D eigenvalue weighted by Crippen LogP contribution is 2.23. The van der Waals surface area contributed by atoms with Crippen LogP contribution in [0.5, 0.6) is 0 Å². The molecule has 1 aliphatic heterocycles. The summed E-state index contributed by atoms with van der Waals surface area (Å²) in [5, 5.41) is 25.8. The lowest BCUT2D eigenvalue weighted by Crippen LogP contribution is -2.51. The van der Waals surface area contributed by atoms with E-state index in [0.717, 1.165) is 17.0 Å². The topological polar surface area (TPSA) is 136 Å². The minimum Gasteiger partial charge on any atom is -0.396 e. The van der Waals surface area contributed by atoms with Crippen molar-refractivity contribution in [3.05, 3.63) is 100 Å². The predicted molar refractivity (Wildman–Crippen MR) is 148 cm³/mol. The van der Waals surface area contributed by atoms with Gasteiger partial charge >= 0.3 is 0 Å². The Hall–Kier alpha value is -4.48. The molecule has 1 aliphatic rings. The minimum atomic E-state index is -1.22. The molecule has 4 aromatic rings. The third kappa shape index (κ3) is 6.16. The summed E-state index contributed by atoms with van der Waals surface area (Å²) < 4.78 is 28.7. The molecule has 1 saturated heterocycles. The molecular formula is C30H29F2N5O4. The lowest BCUT2D eigenvalue weighted by atomic mass is 9.94. The fourth-order valence-electron chi connectivity index (χ4n) is 4.95. The molecule has 0 saturated carbocycles. The maximum atomic E-state index is 14.7. The molecule has 9 nitrogen and oxygen atoms in total. The molecular weight excluding hydrogens is 532 g/mol. The number of aromatic nitrogens is 2. The molecule has 0 spiro atoms. The second-order valence-corrected chi connectivity index (χ2v) is 9.97. The maximum Gasteiger partial charge on any atom is 0.251 e. The van der Waals surface area contributed by atoms with Crippen LogP contribution >= 0.6 is 0 Å². The summed E-state index contributed by atoms with van der Waals surface area (Å²) in [6, 6.07) is 12.5. The Morgan fingerprint density at radius 1 is 0.878 bits per heavy atom. The molecule has 0 bridgehead atoms. The van der Waals surface area contributed by atoms with Crippen molar-refractivity contribution in [3.63, 3.8) is 0 Å². The second-order valence-electron chi connectivity index (χ2n) is 9.97. The van der Waals surface area contributed by atoms with Crippen LogP contribution in [0, 0.1) is 11.6 Å². The summed E-state index contributed by atoms with van der Waals surface area (Å²) in [6.45, 7) is 0.879. The van der Waals surface area contributed by atoms with Crippen LogP contribution in [0.15, 0.2) is 60.8 Å². The number of ketones is 1. The smallest absolute Gasteiger partial charge is 0.251 e. The van der Waals surface area contributed by atoms with E-state index in [1.807, 2.05) is 0 Å². The van der Waals surface area contributed by atoms with Crippen molar-refractivity contribution in [2.75, 3.05) is 19.7 Å². The van der Waals surface area contributed by atoms with Gasteiger partial charge in [0.15, 0.2) is 17.4 Å². The van der Waals surface area contributed by atoms with Gasteiger partial charge in [0.2, 0.25) is 0 Å². The number of nitrogens with zero attached hydrogens (tertiary/aromatic N) is 1. The van der Waals surface area contributed by atoms with Crippen LogP contribution < -0.4 is 16.0 Å². The van der Waals surface area contributed by atoms with Crippen LogP contribution in [0.25, 0.3) is 10.9 Å². The quantitative estimate of drug-likeness (QED) is 0.149. The number of hydrogen-bond donors (Lipinski definition) is 5. The Morgan fingerprint density at radius 3 is 2.24 bits per heavy atom. The first-order valence-corrected chi connectivity index (χ1v) is 13.3. The predicted octanol–water partition coefficient (Wildman–Crippen LogP) is 2.89. The zero-order valence-electron chi connectivity index (χ0n) is 22.0. The molecule has 5 N–H and O–H groups in total. The van der Waals surface area contributed by atoms with Gasteiger partial charge in [0.05, 0.1) is 29.4 Å². The molecule has 5 rings (SSSR count). The van der Waals surface area contributed by atoms with Crippen molar-refractivity contribution in [1.29, 1.82) is 0 Å². The molecule has 1 aromatic heterocycles. The van der Waals surface area contributed by atoms with Gasteiger partial charge in [-0.05, 0) is 55.2 Å². The van der Waals surface area contributed by atoms with Crippen molar-refractivity contribution in [1.82, 2.24) is 26.1 Å². The van der Waals surface area contributed by atoms with Gasteiger partial charge in [-0.3, -0.25) is 19.5 Å². The van der Waals surface area contributed by atoms with Crippen LogP contribution in [0.1, 0.15) is 55.0 Å². The zero-order chi connectivity index (χ0) is 28.9. The number of aromatic amines is 1. The number of fused-ring (bicyclic) bond motifs is 1. The van der Waals surface area contributed by atoms with E-state index in [9.17, 15) is 23.2 Å². The lowest BCUT2D eigenvalue weighted by Gasteiger charge is -2.21. The normalized spacial score (nSPS) is 16.6. The third-order valence-electron chi connectivity index (χ3n) is 7.22. The number of benzene rings is 3. The van der Waals surface area contributed by atoms with E-state index in [1.165, 1.54) is 30.3 Å². The van der Waals surface area contributed by atoms with Gasteiger partial charge in [-0.15, -0.1) is 0 Å². The summed E-state index contributed by atoms with van der Waals surface area (Å²) in [7, 11) is 0. The summed E-state index contributed by atoms with van der Waals surface area (Å²) in [6.07, 6.45) is 2.96. The average molecular weight is 562 g/mol. The summed E-state index contributed by atoms with van der Waals surface area (Å²) in [5.41, 5.74) is 1.60. The SMILES string of the molecule is O=C(NC1CNCC1NC(=O)c1ccc2cn[nH]c2c1)c1ccc(C(=O)c2c(CCCCO)ccc(F)c2F)cc1. The Labute approximate surface area is 234 Å². The van der Waals surface area contributed by atoms with Crippen molar-refractivity contribution >= 4 is 28.5 Å². The van der Waals surface area contributed by atoms with Crippen molar-refractivity contribution < 1.29 is 28.3 Å². The van der Waals surface area contributed by atoms with Crippen LogP contribution in [-0.2, 0) is 6.42 Å². The Balaban J connectivity index is 1.24. The van der Waals surface area contributed by atoms with Gasteiger partial charge in [0, 0.05) is 41.8 Å². The number of carbonyl (C=O) groups is 3. The molecule has 2 unspecified atom stereocenters. The number of halogens is 2. The number of unbranched alkanes of at least 4 members (excludes halogenated alkanes) is 1. The molecule has 2 atom stereocenters. The number of hydrogen-bond acceptors (Lipinski definition) is 6. The van der Waals surface area contributed by atoms with E-state index in [1.54, 1.807) is 24.4 Å². The summed E-state index contributed by atoms with van der Waals surface area (Å²) in [4.78, 5) is 39.0. The number of aliphatic hydroxyl groups is 1. The number of amides is 2. The van der Waals surface area contributed by atoms with E-state index in [2.05, 4.69) is 26.1 Å².